The van der Waals surface area contributed by atoms with Gasteiger partial charge in [0.25, 0.3) is 5.17 Å². The van der Waals surface area contributed by atoms with Gasteiger partial charge < -0.3 is 9.64 Å². The molecule has 0 bridgehead atoms. The zero-order valence-electron chi connectivity index (χ0n) is 11.7. The van der Waals surface area contributed by atoms with Gasteiger partial charge in [0.1, 0.15) is 5.75 Å². The molecule has 1 aromatic rings. The fourth-order valence-electron chi connectivity index (χ4n) is 2.38. The molecular weight excluding hydrogens is 338 g/mol. The van der Waals surface area contributed by atoms with Gasteiger partial charge in [-0.1, -0.05) is 28.8 Å². The quantitative estimate of drug-likeness (QED) is 0.604. The van der Waals surface area contributed by atoms with Gasteiger partial charge in [0.05, 0.1) is 5.56 Å². The predicted molar refractivity (Wildman–Crippen MR) is 87.3 cm³/mol. The SMILES string of the molecule is CN(C)C(=S)Oc1cc(Br)ccc1C(=O)C1CCCC1. The molecular formula is C15H18BrNO2S. The van der Waals surface area contributed by atoms with Crippen molar-refractivity contribution in [3.05, 3.63) is 28.2 Å². The van der Waals surface area contributed by atoms with Gasteiger partial charge in [-0.2, -0.15) is 0 Å². The summed E-state index contributed by atoms with van der Waals surface area (Å²) < 4.78 is 6.55. The van der Waals surface area contributed by atoms with Crippen LogP contribution in [0, 0.1) is 5.92 Å². The fraction of sp³-hybridized carbons (Fsp3) is 0.467. The molecule has 108 valence electrons. The zero-order valence-corrected chi connectivity index (χ0v) is 14.1. The molecule has 1 aliphatic carbocycles. The second-order valence-corrected chi connectivity index (χ2v) is 6.51. The minimum absolute atomic E-state index is 0.131. The highest BCUT2D eigenvalue weighted by molar-refractivity contribution is 9.10. The van der Waals surface area contributed by atoms with E-state index in [0.29, 0.717) is 16.5 Å². The van der Waals surface area contributed by atoms with Crippen LogP contribution in [0.15, 0.2) is 22.7 Å². The van der Waals surface area contributed by atoms with Crippen molar-refractivity contribution in [3.63, 3.8) is 0 Å². The molecule has 1 aromatic carbocycles. The number of carbonyl (C=O) groups is 1. The number of nitrogens with zero attached hydrogens (tertiary/aromatic N) is 1. The molecule has 0 saturated heterocycles. The molecule has 1 aliphatic rings. The highest BCUT2D eigenvalue weighted by atomic mass is 79.9. The smallest absolute Gasteiger partial charge is 0.264 e. The van der Waals surface area contributed by atoms with Crippen LogP contribution >= 0.6 is 28.1 Å². The van der Waals surface area contributed by atoms with E-state index in [1.165, 1.54) is 0 Å². The third-order valence-electron chi connectivity index (χ3n) is 3.50. The van der Waals surface area contributed by atoms with Crippen molar-refractivity contribution < 1.29 is 9.53 Å². The number of carbonyl (C=O) groups excluding carboxylic acids is 1. The molecule has 0 amide bonds. The average Bonchev–Trinajstić information content (AvgIpc) is 2.92. The number of benzene rings is 1. The Balaban J connectivity index is 2.27. The summed E-state index contributed by atoms with van der Waals surface area (Å²) in [5, 5.41) is 0.351. The standard InChI is InChI=1S/C15H18BrNO2S/c1-17(2)15(20)19-13-9-11(16)7-8-12(13)14(18)10-5-3-4-6-10/h7-10H,3-6H2,1-2H3. The molecule has 0 heterocycles. The third-order valence-corrected chi connectivity index (χ3v) is 4.44. The van der Waals surface area contributed by atoms with Crippen LogP contribution in [0.2, 0.25) is 0 Å². The Morgan fingerprint density at radius 1 is 1.35 bits per heavy atom. The van der Waals surface area contributed by atoms with Crippen LogP contribution in [0.5, 0.6) is 5.75 Å². The monoisotopic (exact) mass is 355 g/mol. The zero-order chi connectivity index (χ0) is 14.7. The topological polar surface area (TPSA) is 29.5 Å². The molecule has 0 spiro atoms. The molecule has 0 N–H and O–H groups in total. The highest BCUT2D eigenvalue weighted by Crippen LogP contribution is 2.32. The number of halogens is 1. The van der Waals surface area contributed by atoms with E-state index in [1.54, 1.807) is 11.0 Å². The van der Waals surface area contributed by atoms with E-state index in [0.717, 1.165) is 30.2 Å². The average molecular weight is 356 g/mol. The lowest BCUT2D eigenvalue weighted by Gasteiger charge is -2.17. The summed E-state index contributed by atoms with van der Waals surface area (Å²) in [4.78, 5) is 14.3. The van der Waals surface area contributed by atoms with Crippen LogP contribution in [0.3, 0.4) is 0 Å². The molecule has 2 rings (SSSR count). The van der Waals surface area contributed by atoms with Gasteiger partial charge >= 0.3 is 0 Å². The molecule has 0 aliphatic heterocycles. The summed E-state index contributed by atoms with van der Waals surface area (Å²) in [6.07, 6.45) is 4.23. The number of rotatable bonds is 3. The Kier molecular flexibility index (Phi) is 5.16. The van der Waals surface area contributed by atoms with E-state index in [9.17, 15) is 4.79 Å². The summed E-state index contributed by atoms with van der Waals surface area (Å²) in [6, 6.07) is 5.49. The summed E-state index contributed by atoms with van der Waals surface area (Å²) in [7, 11) is 3.64. The highest BCUT2D eigenvalue weighted by Gasteiger charge is 2.26. The van der Waals surface area contributed by atoms with Gasteiger partial charge in [0.15, 0.2) is 5.78 Å². The van der Waals surface area contributed by atoms with Crippen LogP contribution in [-0.2, 0) is 0 Å². The van der Waals surface area contributed by atoms with Crippen molar-refractivity contribution in [2.45, 2.75) is 25.7 Å². The lowest BCUT2D eigenvalue weighted by atomic mass is 9.96. The van der Waals surface area contributed by atoms with Crippen molar-refractivity contribution >= 4 is 39.1 Å². The Labute approximate surface area is 133 Å². The molecule has 1 fully saturated rings. The van der Waals surface area contributed by atoms with Gasteiger partial charge in [0, 0.05) is 24.5 Å². The number of ether oxygens (including phenoxy) is 1. The molecule has 3 nitrogen and oxygen atoms in total. The van der Waals surface area contributed by atoms with E-state index in [4.69, 9.17) is 17.0 Å². The number of ketones is 1. The molecule has 0 unspecified atom stereocenters. The predicted octanol–water partition coefficient (Wildman–Crippen LogP) is 4.05. The molecule has 20 heavy (non-hydrogen) atoms. The van der Waals surface area contributed by atoms with Crippen molar-refractivity contribution in [2.75, 3.05) is 14.1 Å². The Morgan fingerprint density at radius 2 is 2.00 bits per heavy atom. The van der Waals surface area contributed by atoms with Crippen LogP contribution in [0.1, 0.15) is 36.0 Å². The van der Waals surface area contributed by atoms with Crippen molar-refractivity contribution in [1.29, 1.82) is 0 Å². The van der Waals surface area contributed by atoms with E-state index < -0.39 is 0 Å². The van der Waals surface area contributed by atoms with Crippen molar-refractivity contribution in [3.8, 4) is 5.75 Å². The first kappa shape index (κ1) is 15.4. The minimum Gasteiger partial charge on any atom is -0.431 e. The normalized spacial score (nSPS) is 15.2. The Bertz CT molecular complexity index is 525. The number of Topliss-reactive ketones (excluding diaryl/α,β-unsaturated/α-hetero) is 1. The van der Waals surface area contributed by atoms with Crippen LogP contribution in [0.4, 0.5) is 0 Å². The van der Waals surface area contributed by atoms with Gasteiger partial charge in [-0.25, -0.2) is 0 Å². The first-order chi connectivity index (χ1) is 9.49. The second-order valence-electron chi connectivity index (χ2n) is 5.25. The van der Waals surface area contributed by atoms with Crippen LogP contribution in [0.25, 0.3) is 0 Å². The maximum atomic E-state index is 12.6. The molecule has 0 atom stereocenters. The Hall–Kier alpha value is -0.940. The lowest BCUT2D eigenvalue weighted by molar-refractivity contribution is 0.0921. The van der Waals surface area contributed by atoms with Gasteiger partial charge in [-0.15, -0.1) is 0 Å². The number of hydrogen-bond acceptors (Lipinski definition) is 3. The number of thiocarbonyl (C=S) groups is 1. The van der Waals surface area contributed by atoms with Crippen LogP contribution < -0.4 is 4.74 Å². The summed E-state index contributed by atoms with van der Waals surface area (Å²) in [6.45, 7) is 0. The lowest BCUT2D eigenvalue weighted by Crippen LogP contribution is -2.26. The summed E-state index contributed by atoms with van der Waals surface area (Å²) >= 11 is 8.57. The Morgan fingerprint density at radius 3 is 2.60 bits per heavy atom. The van der Waals surface area contributed by atoms with Gasteiger partial charge in [-0.3, -0.25) is 4.79 Å². The van der Waals surface area contributed by atoms with Gasteiger partial charge in [-0.05, 0) is 43.3 Å². The minimum atomic E-state index is 0.131. The molecule has 0 aromatic heterocycles. The second kappa shape index (κ2) is 6.68. The molecule has 0 radical (unpaired) electrons. The van der Waals surface area contributed by atoms with E-state index in [1.807, 2.05) is 26.2 Å². The van der Waals surface area contributed by atoms with E-state index >= 15 is 0 Å². The van der Waals surface area contributed by atoms with Crippen molar-refractivity contribution in [1.82, 2.24) is 4.90 Å². The maximum absolute atomic E-state index is 12.6. The maximum Gasteiger partial charge on any atom is 0.264 e. The fourth-order valence-corrected chi connectivity index (χ4v) is 2.81. The largest absolute Gasteiger partial charge is 0.431 e. The first-order valence-electron chi connectivity index (χ1n) is 6.72. The van der Waals surface area contributed by atoms with Crippen molar-refractivity contribution in [2.24, 2.45) is 5.92 Å². The molecule has 1 saturated carbocycles. The van der Waals surface area contributed by atoms with Gasteiger partial charge in [0.2, 0.25) is 0 Å². The summed E-state index contributed by atoms with van der Waals surface area (Å²) in [5.74, 6) is 0.841. The van der Waals surface area contributed by atoms with E-state index in [2.05, 4.69) is 15.9 Å². The molecule has 5 heteroatoms. The summed E-state index contributed by atoms with van der Waals surface area (Å²) in [5.41, 5.74) is 0.629. The third kappa shape index (κ3) is 3.58. The first-order valence-corrected chi connectivity index (χ1v) is 7.92. The number of hydrogen-bond donors (Lipinski definition) is 0. The van der Waals surface area contributed by atoms with Crippen LogP contribution in [-0.4, -0.2) is 30.0 Å². The van der Waals surface area contributed by atoms with E-state index in [-0.39, 0.29) is 11.7 Å².